The molecule has 0 spiro atoms. The second-order valence-corrected chi connectivity index (χ2v) is 12.4. The van der Waals surface area contributed by atoms with Gasteiger partial charge in [0.05, 0.1) is 6.04 Å². The third-order valence-electron chi connectivity index (χ3n) is 8.51. The van der Waals surface area contributed by atoms with E-state index in [4.69, 9.17) is 11.5 Å². The van der Waals surface area contributed by atoms with Crippen LogP contribution in [0, 0.1) is 0 Å². The number of anilines is 3. The molecule has 1 atom stereocenters. The molecule has 1 aliphatic rings. The van der Waals surface area contributed by atoms with Crippen molar-refractivity contribution in [2.75, 3.05) is 23.0 Å². The number of nitrogens with one attached hydrogen (secondary N) is 1. The Bertz CT molecular complexity index is 2170. The van der Waals surface area contributed by atoms with Crippen LogP contribution in [0.25, 0.3) is 39.5 Å². The lowest BCUT2D eigenvalue weighted by atomic mass is 9.94. The zero-order valence-corrected chi connectivity index (χ0v) is 31.6. The summed E-state index contributed by atoms with van der Waals surface area (Å²) < 4.78 is 0. The molecule has 4 heteroatoms. The number of hydrogen-bond acceptors (Lipinski definition) is 4. The monoisotopic (exact) mass is 689 g/mol. The van der Waals surface area contributed by atoms with Gasteiger partial charge in [0.15, 0.2) is 0 Å². The Morgan fingerprint density at radius 1 is 0.725 bits per heavy atom. The predicted octanol–water partition coefficient (Wildman–Crippen LogP) is 11.5. The fourth-order valence-electron chi connectivity index (χ4n) is 5.95. The molecule has 5 aromatic rings. The van der Waals surface area contributed by atoms with Gasteiger partial charge in [-0.1, -0.05) is 150 Å². The molecule has 260 valence electrons. The number of hydrogen-bond donors (Lipinski definition) is 3. The van der Waals surface area contributed by atoms with E-state index in [1.807, 2.05) is 70.2 Å². The van der Waals surface area contributed by atoms with Gasteiger partial charge in [-0.15, -0.1) is 11.8 Å². The molecule has 1 unspecified atom stereocenters. The second-order valence-electron chi connectivity index (χ2n) is 11.6. The maximum Gasteiger partial charge on any atom is 0.0721 e. The van der Waals surface area contributed by atoms with Crippen molar-refractivity contribution < 1.29 is 0 Å². The molecule has 5 N–H and O–H groups in total. The lowest BCUT2D eigenvalue weighted by Gasteiger charge is -2.22. The van der Waals surface area contributed by atoms with Crippen LogP contribution in [0.1, 0.15) is 51.8 Å². The minimum Gasteiger partial charge on any atom is -0.398 e. The summed E-state index contributed by atoms with van der Waals surface area (Å²) in [6, 6.07) is 37.3. The molecule has 3 nitrogen and oxygen atoms in total. The standard InChI is InChI=1S/C43H39N3S.2C2H6/c1-29-13-5-4-6-14-31-22-23-32(27-37(29)31)33-24-26-42(38(28-33)35-16-7-10-18-39(35)44)46-41(36-17-8-11-19-40(36)45)25-21-30(2)34-15-9-12-20-43(34)47-3;2*1-2/h4-28,41,46H,2,44-45H2,1,3H3;2*1-2H3/b5-4?,6-4+,13-5-,14-6?,25-21-,29-13?,31-14-,37-29+;;. The molecular weight excluding hydrogens is 639 g/mol. The van der Waals surface area contributed by atoms with E-state index >= 15 is 0 Å². The van der Waals surface area contributed by atoms with Gasteiger partial charge in [-0.2, -0.15) is 0 Å². The van der Waals surface area contributed by atoms with Crippen molar-refractivity contribution in [1.82, 2.24) is 0 Å². The average Bonchev–Trinajstić information content (AvgIpc) is 3.17. The Morgan fingerprint density at radius 3 is 2.14 bits per heavy atom. The molecule has 51 heavy (non-hydrogen) atoms. The van der Waals surface area contributed by atoms with Gasteiger partial charge < -0.3 is 16.8 Å². The number of thioether (sulfide) groups is 1. The summed E-state index contributed by atoms with van der Waals surface area (Å²) >= 11 is 1.72. The average molecular weight is 690 g/mol. The van der Waals surface area contributed by atoms with Crippen LogP contribution in [-0.4, -0.2) is 6.26 Å². The topological polar surface area (TPSA) is 64.1 Å². The van der Waals surface area contributed by atoms with Crippen LogP contribution < -0.4 is 27.2 Å². The van der Waals surface area contributed by atoms with Gasteiger partial charge in [-0.05, 0) is 87.9 Å². The molecule has 0 amide bonds. The Kier molecular flexibility index (Phi) is 14.3. The molecule has 5 aromatic carbocycles. The molecule has 0 fully saturated rings. The van der Waals surface area contributed by atoms with Crippen LogP contribution in [0.2, 0.25) is 0 Å². The smallest absolute Gasteiger partial charge is 0.0721 e. The summed E-state index contributed by atoms with van der Waals surface area (Å²) in [5.41, 5.74) is 24.1. The van der Waals surface area contributed by atoms with E-state index in [0.717, 1.165) is 56.0 Å². The van der Waals surface area contributed by atoms with Gasteiger partial charge in [0.1, 0.15) is 0 Å². The van der Waals surface area contributed by atoms with Crippen LogP contribution in [-0.2, 0) is 0 Å². The highest BCUT2D eigenvalue weighted by Crippen LogP contribution is 2.38. The fourth-order valence-corrected chi connectivity index (χ4v) is 6.59. The number of nitrogen functional groups attached to an aromatic ring is 2. The lowest BCUT2D eigenvalue weighted by Crippen LogP contribution is -2.26. The quantitative estimate of drug-likeness (QED) is 0.0819. The maximum atomic E-state index is 6.61. The molecule has 0 radical (unpaired) electrons. The normalized spacial score (nSPS) is 15.2. The molecule has 0 bridgehead atoms. The van der Waals surface area contributed by atoms with E-state index in [1.54, 1.807) is 11.8 Å². The van der Waals surface area contributed by atoms with Crippen LogP contribution in [0.4, 0.5) is 17.1 Å². The SMILES string of the molecule is C=C(/C=C\C(Nc1ccc(-c2ccc3/c(c2)=C(C)/C=C\C=C\C=3)cc1-c1ccccc1N)c1ccccc1N)c1ccccc1SC.CC.CC. The number of fused-ring (bicyclic) bond motifs is 1. The van der Waals surface area contributed by atoms with Crippen LogP contribution >= 0.6 is 11.8 Å². The number of nitrogens with two attached hydrogens (primary N) is 2. The van der Waals surface area contributed by atoms with Crippen molar-refractivity contribution in [3.63, 3.8) is 0 Å². The Labute approximate surface area is 309 Å². The minimum absolute atomic E-state index is 0.229. The van der Waals surface area contributed by atoms with Gasteiger partial charge in [-0.25, -0.2) is 0 Å². The van der Waals surface area contributed by atoms with Crippen molar-refractivity contribution in [2.24, 2.45) is 0 Å². The third-order valence-corrected chi connectivity index (χ3v) is 9.31. The van der Waals surface area contributed by atoms with Crippen LogP contribution in [0.15, 0.2) is 157 Å². The first-order valence-electron chi connectivity index (χ1n) is 17.7. The summed E-state index contributed by atoms with van der Waals surface area (Å²) in [5, 5.41) is 6.25. The highest BCUT2D eigenvalue weighted by Gasteiger charge is 2.17. The van der Waals surface area contributed by atoms with Crippen LogP contribution in [0.3, 0.4) is 0 Å². The largest absolute Gasteiger partial charge is 0.398 e. The highest BCUT2D eigenvalue weighted by molar-refractivity contribution is 7.98. The van der Waals surface area contributed by atoms with Crippen molar-refractivity contribution in [1.29, 1.82) is 0 Å². The van der Waals surface area contributed by atoms with E-state index in [-0.39, 0.29) is 6.04 Å². The zero-order chi connectivity index (χ0) is 36.8. The summed E-state index contributed by atoms with van der Waals surface area (Å²) in [6.07, 6.45) is 16.9. The van der Waals surface area contributed by atoms with E-state index < -0.39 is 0 Å². The zero-order valence-electron chi connectivity index (χ0n) is 30.8. The van der Waals surface area contributed by atoms with Gasteiger partial charge in [0.2, 0.25) is 0 Å². The van der Waals surface area contributed by atoms with Gasteiger partial charge in [0.25, 0.3) is 0 Å². The first-order chi connectivity index (χ1) is 24.9. The van der Waals surface area contributed by atoms with Crippen molar-refractivity contribution in [2.45, 2.75) is 45.6 Å². The maximum absolute atomic E-state index is 6.61. The number of benzene rings is 5. The molecule has 0 heterocycles. The minimum atomic E-state index is -0.229. The molecule has 6 rings (SSSR count). The number of allylic oxidation sites excluding steroid dienone is 6. The highest BCUT2D eigenvalue weighted by atomic mass is 32.2. The first-order valence-corrected chi connectivity index (χ1v) is 18.9. The van der Waals surface area contributed by atoms with E-state index in [2.05, 4.69) is 134 Å². The second kappa shape index (κ2) is 19.1. The summed E-state index contributed by atoms with van der Waals surface area (Å²) in [7, 11) is 0. The molecule has 0 aliphatic heterocycles. The Hall–Kier alpha value is -5.45. The van der Waals surface area contributed by atoms with Crippen molar-refractivity contribution in [3.05, 3.63) is 174 Å². The predicted molar refractivity (Wildman–Crippen MR) is 229 cm³/mol. The van der Waals surface area contributed by atoms with Gasteiger partial charge in [0, 0.05) is 38.6 Å². The van der Waals surface area contributed by atoms with Crippen molar-refractivity contribution >= 4 is 46.0 Å². The summed E-state index contributed by atoms with van der Waals surface area (Å²) in [5.74, 6) is 0. The van der Waals surface area contributed by atoms with E-state index in [9.17, 15) is 0 Å². The number of para-hydroxylation sites is 2. The van der Waals surface area contributed by atoms with Crippen molar-refractivity contribution in [3.8, 4) is 22.3 Å². The van der Waals surface area contributed by atoms with Gasteiger partial charge in [-0.3, -0.25) is 0 Å². The van der Waals surface area contributed by atoms with Gasteiger partial charge >= 0.3 is 0 Å². The molecule has 1 aliphatic carbocycles. The third kappa shape index (κ3) is 9.42. The van der Waals surface area contributed by atoms with E-state index in [0.29, 0.717) is 0 Å². The lowest BCUT2D eigenvalue weighted by molar-refractivity contribution is 0.989. The molecule has 0 saturated carbocycles. The summed E-state index contributed by atoms with van der Waals surface area (Å²) in [4.78, 5) is 1.19. The molecule has 0 aromatic heterocycles. The Balaban J connectivity index is 0.00000141. The Morgan fingerprint density at radius 2 is 1.39 bits per heavy atom. The number of rotatable bonds is 9. The molecule has 0 saturated heterocycles. The first kappa shape index (κ1) is 38.4. The van der Waals surface area contributed by atoms with Crippen LogP contribution in [0.5, 0.6) is 0 Å². The van der Waals surface area contributed by atoms with E-state index in [1.165, 1.54) is 20.9 Å². The summed E-state index contributed by atoms with van der Waals surface area (Å²) in [6.45, 7) is 14.6. The fraction of sp³-hybridized carbons (Fsp3) is 0.149. The molecular formula is C47H51N3S.